The van der Waals surface area contributed by atoms with Crippen molar-refractivity contribution in [1.29, 1.82) is 0 Å². The van der Waals surface area contributed by atoms with Gasteiger partial charge in [0.05, 0.1) is 13.7 Å². The van der Waals surface area contributed by atoms with Crippen LogP contribution in [0.2, 0.25) is 0 Å². The standard InChI is InChI=1S/C22H26N2O2.BrH/c1-3-17-7-11-19(12-8-17)24(22-6-4-5-15-23-22)16-21(25)18-9-13-20(26-2)14-10-18;/h7-14H,3-6,15-16H2,1-2H3;1H. The number of rotatable bonds is 6. The molecule has 1 aliphatic rings. The molecule has 0 atom stereocenters. The van der Waals surface area contributed by atoms with E-state index in [4.69, 9.17) is 9.73 Å². The lowest BCUT2D eigenvalue weighted by atomic mass is 10.1. The quantitative estimate of drug-likeness (QED) is 0.597. The molecule has 1 heterocycles. The van der Waals surface area contributed by atoms with Crippen LogP contribution < -0.4 is 9.64 Å². The molecule has 0 saturated carbocycles. The van der Waals surface area contributed by atoms with E-state index in [1.807, 2.05) is 24.3 Å². The van der Waals surface area contributed by atoms with Gasteiger partial charge in [-0.15, -0.1) is 17.0 Å². The van der Waals surface area contributed by atoms with Crippen LogP contribution in [0.4, 0.5) is 5.69 Å². The van der Waals surface area contributed by atoms with Gasteiger partial charge in [0, 0.05) is 24.2 Å². The fourth-order valence-electron chi connectivity index (χ4n) is 3.16. The summed E-state index contributed by atoms with van der Waals surface area (Å²) in [6.45, 7) is 3.29. The van der Waals surface area contributed by atoms with Gasteiger partial charge in [-0.05, 0) is 61.2 Å². The number of amidine groups is 1. The summed E-state index contributed by atoms with van der Waals surface area (Å²) in [5.41, 5.74) is 3.02. The summed E-state index contributed by atoms with van der Waals surface area (Å²) in [6.07, 6.45) is 4.18. The van der Waals surface area contributed by atoms with E-state index in [1.165, 1.54) is 5.56 Å². The van der Waals surface area contributed by atoms with Crippen molar-refractivity contribution in [3.8, 4) is 5.75 Å². The number of hydrogen-bond donors (Lipinski definition) is 0. The predicted octanol–water partition coefficient (Wildman–Crippen LogP) is 5.11. The maximum atomic E-state index is 12.9. The Balaban J connectivity index is 0.00000261. The molecule has 0 fully saturated rings. The van der Waals surface area contributed by atoms with Crippen LogP contribution in [0.25, 0.3) is 0 Å². The van der Waals surface area contributed by atoms with Crippen molar-refractivity contribution in [1.82, 2.24) is 0 Å². The Morgan fingerprint density at radius 1 is 1.07 bits per heavy atom. The second kappa shape index (κ2) is 10.3. The van der Waals surface area contributed by atoms with E-state index in [0.29, 0.717) is 12.1 Å². The Morgan fingerprint density at radius 3 is 2.33 bits per heavy atom. The van der Waals surface area contributed by atoms with E-state index in [9.17, 15) is 4.79 Å². The van der Waals surface area contributed by atoms with E-state index in [-0.39, 0.29) is 22.8 Å². The summed E-state index contributed by atoms with van der Waals surface area (Å²) in [5.74, 6) is 1.85. The molecular formula is C22H27BrN2O2. The molecule has 0 bridgehead atoms. The number of benzene rings is 2. The van der Waals surface area contributed by atoms with E-state index < -0.39 is 0 Å². The van der Waals surface area contributed by atoms with Gasteiger partial charge < -0.3 is 9.64 Å². The fourth-order valence-corrected chi connectivity index (χ4v) is 3.16. The minimum Gasteiger partial charge on any atom is -0.497 e. The van der Waals surface area contributed by atoms with Crippen LogP contribution in [0, 0.1) is 0 Å². The molecule has 0 spiro atoms. The Kier molecular flexibility index (Phi) is 8.04. The molecule has 27 heavy (non-hydrogen) atoms. The first-order chi connectivity index (χ1) is 12.7. The third-order valence-electron chi connectivity index (χ3n) is 4.78. The number of anilines is 1. The zero-order chi connectivity index (χ0) is 18.4. The zero-order valence-electron chi connectivity index (χ0n) is 16.0. The Morgan fingerprint density at radius 2 is 1.78 bits per heavy atom. The number of hydrogen-bond acceptors (Lipinski definition) is 4. The molecule has 2 aromatic rings. The topological polar surface area (TPSA) is 41.9 Å². The number of ketones is 1. The third-order valence-corrected chi connectivity index (χ3v) is 4.78. The third kappa shape index (κ3) is 5.42. The monoisotopic (exact) mass is 430 g/mol. The predicted molar refractivity (Wildman–Crippen MR) is 117 cm³/mol. The molecule has 0 N–H and O–H groups in total. The number of methoxy groups -OCH3 is 1. The number of Topliss-reactive ketones (excluding diaryl/α,β-unsaturated/α-hetero) is 1. The van der Waals surface area contributed by atoms with Gasteiger partial charge in [-0.1, -0.05) is 19.1 Å². The summed E-state index contributed by atoms with van der Waals surface area (Å²) in [6, 6.07) is 15.7. The SMILES string of the molecule is Br.CCc1ccc(N(CC(=O)c2ccc(OC)cc2)C2=NCCCC2)cc1. The van der Waals surface area contributed by atoms with E-state index in [0.717, 1.165) is 49.5 Å². The number of carbonyl (C=O) groups is 1. The smallest absolute Gasteiger partial charge is 0.182 e. The molecule has 1 aliphatic heterocycles. The van der Waals surface area contributed by atoms with Crippen LogP contribution in [-0.4, -0.2) is 31.8 Å². The summed E-state index contributed by atoms with van der Waals surface area (Å²) in [7, 11) is 1.62. The van der Waals surface area contributed by atoms with Gasteiger partial charge in [0.15, 0.2) is 5.78 Å². The first-order valence-corrected chi connectivity index (χ1v) is 9.28. The van der Waals surface area contributed by atoms with Crippen LogP contribution in [0.3, 0.4) is 0 Å². The van der Waals surface area contributed by atoms with E-state index in [2.05, 4.69) is 36.1 Å². The average molecular weight is 431 g/mol. The van der Waals surface area contributed by atoms with Crippen LogP contribution in [0.15, 0.2) is 53.5 Å². The number of aryl methyl sites for hydroxylation is 1. The van der Waals surface area contributed by atoms with Crippen molar-refractivity contribution in [3.63, 3.8) is 0 Å². The molecule has 0 saturated heterocycles. The molecule has 0 aromatic heterocycles. The summed E-state index contributed by atoms with van der Waals surface area (Å²) in [4.78, 5) is 19.6. The van der Waals surface area contributed by atoms with Crippen LogP contribution in [0.1, 0.15) is 42.1 Å². The lowest BCUT2D eigenvalue weighted by Gasteiger charge is -2.28. The molecular weight excluding hydrogens is 404 g/mol. The zero-order valence-corrected chi connectivity index (χ0v) is 17.7. The minimum absolute atomic E-state index is 0. The van der Waals surface area contributed by atoms with Crippen LogP contribution >= 0.6 is 17.0 Å². The fraction of sp³-hybridized carbons (Fsp3) is 0.364. The Labute approximate surface area is 172 Å². The van der Waals surface area contributed by atoms with Crippen molar-refractivity contribution in [2.75, 3.05) is 25.1 Å². The maximum Gasteiger partial charge on any atom is 0.182 e. The van der Waals surface area contributed by atoms with Crippen molar-refractivity contribution in [2.45, 2.75) is 32.6 Å². The molecule has 0 radical (unpaired) electrons. The van der Waals surface area contributed by atoms with Crippen LogP contribution in [0.5, 0.6) is 5.75 Å². The van der Waals surface area contributed by atoms with E-state index >= 15 is 0 Å². The molecule has 4 nitrogen and oxygen atoms in total. The highest BCUT2D eigenvalue weighted by Crippen LogP contribution is 2.21. The van der Waals surface area contributed by atoms with E-state index in [1.54, 1.807) is 7.11 Å². The molecule has 2 aromatic carbocycles. The number of carbonyl (C=O) groups excluding carboxylic acids is 1. The lowest BCUT2D eigenvalue weighted by molar-refractivity contribution is 0.100. The van der Waals surface area contributed by atoms with Gasteiger partial charge in [0.1, 0.15) is 11.6 Å². The second-order valence-electron chi connectivity index (χ2n) is 6.51. The highest BCUT2D eigenvalue weighted by atomic mass is 79.9. The Bertz CT molecular complexity index is 770. The van der Waals surface area contributed by atoms with Gasteiger partial charge in [0.25, 0.3) is 0 Å². The maximum absolute atomic E-state index is 12.9. The average Bonchev–Trinajstić information content (AvgIpc) is 2.72. The van der Waals surface area contributed by atoms with Gasteiger partial charge in [0.2, 0.25) is 0 Å². The Hall–Kier alpha value is -2.14. The van der Waals surface area contributed by atoms with Gasteiger partial charge in [-0.3, -0.25) is 9.79 Å². The number of halogens is 1. The van der Waals surface area contributed by atoms with Crippen molar-refractivity contribution in [3.05, 3.63) is 59.7 Å². The molecule has 5 heteroatoms. The molecule has 0 unspecified atom stereocenters. The first-order valence-electron chi connectivity index (χ1n) is 9.28. The van der Waals surface area contributed by atoms with Gasteiger partial charge in [-0.25, -0.2) is 0 Å². The molecule has 144 valence electrons. The number of ether oxygens (including phenoxy) is 1. The second-order valence-corrected chi connectivity index (χ2v) is 6.51. The highest BCUT2D eigenvalue weighted by Gasteiger charge is 2.20. The highest BCUT2D eigenvalue weighted by molar-refractivity contribution is 8.93. The molecule has 3 rings (SSSR count). The molecule has 0 aliphatic carbocycles. The van der Waals surface area contributed by atoms with Gasteiger partial charge in [-0.2, -0.15) is 0 Å². The summed E-state index contributed by atoms with van der Waals surface area (Å²) >= 11 is 0. The normalized spacial score (nSPS) is 13.3. The van der Waals surface area contributed by atoms with Crippen LogP contribution in [-0.2, 0) is 6.42 Å². The van der Waals surface area contributed by atoms with Crippen molar-refractivity contribution in [2.24, 2.45) is 4.99 Å². The largest absolute Gasteiger partial charge is 0.497 e. The lowest BCUT2D eigenvalue weighted by Crippen LogP contribution is -2.37. The van der Waals surface area contributed by atoms with Crippen molar-refractivity contribution >= 4 is 34.3 Å². The summed E-state index contributed by atoms with van der Waals surface area (Å²) in [5, 5.41) is 0. The first kappa shape index (κ1) is 21.2. The van der Waals surface area contributed by atoms with Gasteiger partial charge >= 0.3 is 0 Å². The molecule has 0 amide bonds. The van der Waals surface area contributed by atoms with Crippen molar-refractivity contribution < 1.29 is 9.53 Å². The number of aliphatic imine (C=N–C) groups is 1. The number of nitrogens with zero attached hydrogens (tertiary/aromatic N) is 2. The minimum atomic E-state index is 0. The summed E-state index contributed by atoms with van der Waals surface area (Å²) < 4.78 is 5.18.